The largest absolute Gasteiger partial charge is 0.497 e. The highest BCUT2D eigenvalue weighted by Gasteiger charge is 2.25. The maximum Gasteiger partial charge on any atom is 0.407 e. The fourth-order valence-corrected chi connectivity index (χ4v) is 3.36. The van der Waals surface area contributed by atoms with Crippen LogP contribution in [0.2, 0.25) is 0 Å². The number of hydrogen-bond donors (Lipinski definition) is 2. The van der Waals surface area contributed by atoms with Crippen molar-refractivity contribution in [2.24, 2.45) is 5.92 Å². The van der Waals surface area contributed by atoms with Crippen molar-refractivity contribution in [1.82, 2.24) is 15.5 Å². The van der Waals surface area contributed by atoms with E-state index in [9.17, 15) is 9.59 Å². The smallest absolute Gasteiger partial charge is 0.407 e. The lowest BCUT2D eigenvalue weighted by atomic mass is 9.96. The van der Waals surface area contributed by atoms with Crippen LogP contribution >= 0.6 is 0 Å². The van der Waals surface area contributed by atoms with Crippen LogP contribution in [0.5, 0.6) is 5.75 Å². The van der Waals surface area contributed by atoms with Gasteiger partial charge in [-0.3, -0.25) is 4.79 Å². The van der Waals surface area contributed by atoms with E-state index in [1.165, 1.54) is 5.56 Å². The van der Waals surface area contributed by atoms with Gasteiger partial charge in [0, 0.05) is 26.2 Å². The van der Waals surface area contributed by atoms with Crippen molar-refractivity contribution in [1.29, 1.82) is 0 Å². The molecular weight excluding hydrogens is 370 g/mol. The fourth-order valence-electron chi connectivity index (χ4n) is 3.36. The van der Waals surface area contributed by atoms with Crippen LogP contribution in [0.15, 0.2) is 24.3 Å². The minimum absolute atomic E-state index is 0.00106. The Hall–Kier alpha value is -2.28. The number of piperidine rings is 1. The van der Waals surface area contributed by atoms with Gasteiger partial charge in [0.05, 0.1) is 13.0 Å². The summed E-state index contributed by atoms with van der Waals surface area (Å²) in [5.74, 6) is 0.927. The molecule has 1 aromatic carbocycles. The van der Waals surface area contributed by atoms with Gasteiger partial charge in [-0.1, -0.05) is 12.1 Å². The van der Waals surface area contributed by atoms with Crippen molar-refractivity contribution in [3.05, 3.63) is 29.8 Å². The molecule has 1 aromatic rings. The molecule has 1 aliphatic rings. The fraction of sp³-hybridized carbons (Fsp3) is 0.636. The molecule has 1 heterocycles. The molecule has 1 unspecified atom stereocenters. The van der Waals surface area contributed by atoms with Gasteiger partial charge in [0.15, 0.2) is 0 Å². The number of hydrogen-bond acceptors (Lipinski definition) is 5. The predicted octanol–water partition coefficient (Wildman–Crippen LogP) is 2.59. The van der Waals surface area contributed by atoms with Gasteiger partial charge in [-0.25, -0.2) is 4.79 Å². The van der Waals surface area contributed by atoms with Gasteiger partial charge in [-0.05, 0) is 64.3 Å². The zero-order valence-electron chi connectivity index (χ0n) is 18.1. The monoisotopic (exact) mass is 405 g/mol. The first-order chi connectivity index (χ1) is 13.8. The number of nitrogens with zero attached hydrogens (tertiary/aromatic N) is 1. The number of rotatable bonds is 8. The summed E-state index contributed by atoms with van der Waals surface area (Å²) in [6.07, 6.45) is 2.42. The second-order valence-electron chi connectivity index (χ2n) is 8.46. The topological polar surface area (TPSA) is 79.9 Å². The van der Waals surface area contributed by atoms with E-state index in [-0.39, 0.29) is 11.8 Å². The second kappa shape index (κ2) is 11.0. The third-order valence-corrected chi connectivity index (χ3v) is 4.84. The van der Waals surface area contributed by atoms with Crippen molar-refractivity contribution in [2.45, 2.75) is 45.6 Å². The number of nitrogens with one attached hydrogen (secondary N) is 2. The molecular formula is C22H35N3O4. The SMILES string of the molecule is COc1ccc(CCN2CCCC(C(=O)NCCNC(=O)OC(C)(C)C)C2)cc1. The Labute approximate surface area is 174 Å². The minimum atomic E-state index is -0.523. The van der Waals surface area contributed by atoms with Gasteiger partial charge < -0.3 is 25.0 Å². The van der Waals surface area contributed by atoms with Gasteiger partial charge in [0.2, 0.25) is 5.91 Å². The first kappa shape index (κ1) is 23.0. The summed E-state index contributed by atoms with van der Waals surface area (Å²) in [7, 11) is 1.67. The van der Waals surface area contributed by atoms with Gasteiger partial charge in [-0.2, -0.15) is 0 Å². The van der Waals surface area contributed by atoms with E-state index >= 15 is 0 Å². The van der Waals surface area contributed by atoms with Crippen molar-refractivity contribution in [3.63, 3.8) is 0 Å². The summed E-state index contributed by atoms with van der Waals surface area (Å²) >= 11 is 0. The molecule has 1 saturated heterocycles. The van der Waals surface area contributed by atoms with Gasteiger partial charge in [0.1, 0.15) is 11.4 Å². The van der Waals surface area contributed by atoms with E-state index in [0.717, 1.165) is 44.6 Å². The Morgan fingerprint density at radius 1 is 1.14 bits per heavy atom. The van der Waals surface area contributed by atoms with Crippen LogP contribution in [0.4, 0.5) is 4.79 Å². The highest BCUT2D eigenvalue weighted by atomic mass is 16.6. The van der Waals surface area contributed by atoms with Crippen molar-refractivity contribution in [2.75, 3.05) is 39.8 Å². The summed E-state index contributed by atoms with van der Waals surface area (Å²) < 4.78 is 10.4. The summed E-state index contributed by atoms with van der Waals surface area (Å²) in [6.45, 7) is 8.96. The number of alkyl carbamates (subject to hydrolysis) is 1. The molecule has 1 fully saturated rings. The molecule has 0 bridgehead atoms. The van der Waals surface area contributed by atoms with Gasteiger partial charge in [0.25, 0.3) is 0 Å². The van der Waals surface area contributed by atoms with E-state index in [0.29, 0.717) is 13.1 Å². The van der Waals surface area contributed by atoms with Gasteiger partial charge in [-0.15, -0.1) is 0 Å². The van der Waals surface area contributed by atoms with Crippen molar-refractivity contribution in [3.8, 4) is 5.75 Å². The maximum atomic E-state index is 12.5. The Morgan fingerprint density at radius 3 is 2.48 bits per heavy atom. The molecule has 162 valence electrons. The summed E-state index contributed by atoms with van der Waals surface area (Å²) in [5.41, 5.74) is 0.746. The highest BCUT2D eigenvalue weighted by molar-refractivity contribution is 5.79. The number of likely N-dealkylation sites (tertiary alicyclic amines) is 1. The standard InChI is InChI=1S/C22H35N3O4/c1-22(2,3)29-21(27)24-13-12-23-20(26)18-6-5-14-25(16-18)15-11-17-7-9-19(28-4)10-8-17/h7-10,18H,5-6,11-16H2,1-4H3,(H,23,26)(H,24,27). The zero-order chi connectivity index (χ0) is 21.3. The number of ether oxygens (including phenoxy) is 2. The number of amides is 2. The van der Waals surface area contributed by atoms with E-state index < -0.39 is 11.7 Å². The number of carbonyl (C=O) groups excluding carboxylic acids is 2. The molecule has 0 aromatic heterocycles. The minimum Gasteiger partial charge on any atom is -0.497 e. The summed E-state index contributed by atoms with van der Waals surface area (Å²) in [6, 6.07) is 8.13. The van der Waals surface area contributed by atoms with Gasteiger partial charge >= 0.3 is 6.09 Å². The van der Waals surface area contributed by atoms with Crippen LogP contribution in [0, 0.1) is 5.92 Å². The van der Waals surface area contributed by atoms with E-state index in [1.807, 2.05) is 32.9 Å². The normalized spacial score (nSPS) is 17.4. The molecule has 0 saturated carbocycles. The summed E-state index contributed by atoms with van der Waals surface area (Å²) in [4.78, 5) is 26.4. The summed E-state index contributed by atoms with van der Waals surface area (Å²) in [5, 5.41) is 5.59. The Bertz CT molecular complexity index is 655. The lowest BCUT2D eigenvalue weighted by molar-refractivity contribution is -0.126. The van der Waals surface area contributed by atoms with E-state index in [1.54, 1.807) is 7.11 Å². The van der Waals surface area contributed by atoms with Crippen LogP contribution in [-0.2, 0) is 16.0 Å². The van der Waals surface area contributed by atoms with E-state index in [2.05, 4.69) is 27.7 Å². The number of carbonyl (C=O) groups is 2. The lowest BCUT2D eigenvalue weighted by Crippen LogP contribution is -2.45. The van der Waals surface area contributed by atoms with Crippen LogP contribution in [-0.4, -0.2) is 62.3 Å². The van der Waals surface area contributed by atoms with Crippen molar-refractivity contribution < 1.29 is 19.1 Å². The molecule has 0 radical (unpaired) electrons. The first-order valence-corrected chi connectivity index (χ1v) is 10.4. The molecule has 7 nitrogen and oxygen atoms in total. The third-order valence-electron chi connectivity index (χ3n) is 4.84. The average Bonchev–Trinajstić information content (AvgIpc) is 2.69. The van der Waals surface area contributed by atoms with Crippen LogP contribution in [0.25, 0.3) is 0 Å². The molecule has 1 aliphatic heterocycles. The molecule has 2 N–H and O–H groups in total. The Morgan fingerprint density at radius 2 is 1.83 bits per heavy atom. The maximum absolute atomic E-state index is 12.5. The Balaban J connectivity index is 1.67. The molecule has 29 heavy (non-hydrogen) atoms. The third kappa shape index (κ3) is 8.73. The van der Waals surface area contributed by atoms with Crippen LogP contribution < -0.4 is 15.4 Å². The molecule has 0 spiro atoms. The second-order valence-corrected chi connectivity index (χ2v) is 8.46. The quantitative estimate of drug-likeness (QED) is 0.650. The predicted molar refractivity (Wildman–Crippen MR) is 113 cm³/mol. The zero-order valence-corrected chi connectivity index (χ0v) is 18.1. The molecule has 2 amide bonds. The lowest BCUT2D eigenvalue weighted by Gasteiger charge is -2.32. The molecule has 2 rings (SSSR count). The average molecular weight is 406 g/mol. The first-order valence-electron chi connectivity index (χ1n) is 10.4. The van der Waals surface area contributed by atoms with Crippen LogP contribution in [0.1, 0.15) is 39.2 Å². The van der Waals surface area contributed by atoms with Crippen LogP contribution in [0.3, 0.4) is 0 Å². The molecule has 7 heteroatoms. The number of benzene rings is 1. The Kier molecular flexibility index (Phi) is 8.76. The van der Waals surface area contributed by atoms with E-state index in [4.69, 9.17) is 9.47 Å². The molecule has 1 atom stereocenters. The molecule has 0 aliphatic carbocycles. The highest BCUT2D eigenvalue weighted by Crippen LogP contribution is 2.18. The number of methoxy groups -OCH3 is 1. The van der Waals surface area contributed by atoms with Crippen molar-refractivity contribution >= 4 is 12.0 Å².